The van der Waals surface area contributed by atoms with E-state index in [9.17, 15) is 14.4 Å². The number of esters is 1. The van der Waals surface area contributed by atoms with E-state index in [1.165, 1.54) is 14.2 Å². The van der Waals surface area contributed by atoms with E-state index in [0.717, 1.165) is 4.47 Å². The largest absolute Gasteiger partial charge is 0.497 e. The molecule has 9 nitrogen and oxygen atoms in total. The van der Waals surface area contributed by atoms with Crippen LogP contribution in [-0.4, -0.2) is 38.6 Å². The normalized spacial score (nSPS) is 10.2. The monoisotopic (exact) mass is 570 g/mol. The van der Waals surface area contributed by atoms with Gasteiger partial charge in [-0.15, -0.1) is 0 Å². The van der Waals surface area contributed by atoms with E-state index in [2.05, 4.69) is 26.6 Å². The molecule has 0 aliphatic heterocycles. The van der Waals surface area contributed by atoms with Crippen molar-refractivity contribution >= 4 is 45.1 Å². The maximum Gasteiger partial charge on any atom is 0.306 e. The highest BCUT2D eigenvalue weighted by atomic mass is 79.9. The van der Waals surface area contributed by atoms with Crippen molar-refractivity contribution in [2.75, 3.05) is 31.5 Å². The van der Waals surface area contributed by atoms with Crippen LogP contribution in [0.4, 0.5) is 11.4 Å². The fourth-order valence-electron chi connectivity index (χ4n) is 3.18. The lowest BCUT2D eigenvalue weighted by Gasteiger charge is -2.12. The van der Waals surface area contributed by atoms with Crippen molar-refractivity contribution in [3.05, 3.63) is 71.2 Å². The Balaban J connectivity index is 1.35. The van der Waals surface area contributed by atoms with Crippen LogP contribution in [0.3, 0.4) is 0 Å². The molecule has 37 heavy (non-hydrogen) atoms. The standard InChI is InChI=1S/C27H27BrN2O7/c1-34-22-14-15-24(35-2)23(16-22)30-26(32)17-36-27(33)5-3-4-25(31)29-19-8-12-21(13-9-19)37-20-10-6-18(28)7-11-20/h6-16H,3-5,17H2,1-2H3,(H,29,31)(H,30,32). The Morgan fingerprint density at radius 2 is 1.41 bits per heavy atom. The highest BCUT2D eigenvalue weighted by Gasteiger charge is 2.12. The number of carbonyl (C=O) groups is 3. The molecular formula is C27H27BrN2O7. The molecule has 2 amide bonds. The molecule has 0 bridgehead atoms. The third-order valence-corrected chi connectivity index (χ3v) is 5.55. The van der Waals surface area contributed by atoms with Gasteiger partial charge in [0.25, 0.3) is 5.91 Å². The van der Waals surface area contributed by atoms with E-state index < -0.39 is 18.5 Å². The van der Waals surface area contributed by atoms with Crippen LogP contribution in [0.5, 0.6) is 23.0 Å². The van der Waals surface area contributed by atoms with Crippen LogP contribution in [0.15, 0.2) is 71.2 Å². The van der Waals surface area contributed by atoms with E-state index >= 15 is 0 Å². The van der Waals surface area contributed by atoms with E-state index in [1.807, 2.05) is 24.3 Å². The maximum absolute atomic E-state index is 12.2. The minimum atomic E-state index is -0.574. The van der Waals surface area contributed by atoms with Gasteiger partial charge in [-0.25, -0.2) is 0 Å². The van der Waals surface area contributed by atoms with Gasteiger partial charge in [-0.05, 0) is 67.1 Å². The highest BCUT2D eigenvalue weighted by Crippen LogP contribution is 2.29. The minimum absolute atomic E-state index is 0.00312. The van der Waals surface area contributed by atoms with Crippen molar-refractivity contribution in [3.8, 4) is 23.0 Å². The molecule has 0 saturated heterocycles. The minimum Gasteiger partial charge on any atom is -0.497 e. The lowest BCUT2D eigenvalue weighted by molar-refractivity contribution is -0.147. The Bertz CT molecular complexity index is 1210. The predicted octanol–water partition coefficient (Wildman–Crippen LogP) is 5.55. The summed E-state index contributed by atoms with van der Waals surface area (Å²) in [5.74, 6) is 0.980. The van der Waals surface area contributed by atoms with Crippen molar-refractivity contribution in [3.63, 3.8) is 0 Å². The number of halogens is 1. The Hall–Kier alpha value is -4.05. The van der Waals surface area contributed by atoms with Gasteiger partial charge in [-0.2, -0.15) is 0 Å². The molecule has 3 aromatic carbocycles. The van der Waals surface area contributed by atoms with Crippen LogP contribution in [0.1, 0.15) is 19.3 Å². The lowest BCUT2D eigenvalue weighted by Crippen LogP contribution is -2.21. The van der Waals surface area contributed by atoms with Gasteiger partial charge in [0.1, 0.15) is 23.0 Å². The molecule has 10 heteroatoms. The third kappa shape index (κ3) is 9.16. The first kappa shape index (κ1) is 27.5. The Morgan fingerprint density at radius 3 is 2.05 bits per heavy atom. The van der Waals surface area contributed by atoms with Gasteiger partial charge in [-0.3, -0.25) is 14.4 Å². The van der Waals surface area contributed by atoms with Gasteiger partial charge in [0.05, 0.1) is 19.9 Å². The van der Waals surface area contributed by atoms with Gasteiger partial charge in [0, 0.05) is 29.1 Å². The summed E-state index contributed by atoms with van der Waals surface area (Å²) < 4.78 is 22.1. The van der Waals surface area contributed by atoms with Crippen molar-refractivity contribution in [1.29, 1.82) is 0 Å². The number of benzene rings is 3. The zero-order valence-corrected chi connectivity index (χ0v) is 22.0. The van der Waals surface area contributed by atoms with Crippen LogP contribution in [0.25, 0.3) is 0 Å². The number of nitrogens with one attached hydrogen (secondary N) is 2. The second-order valence-electron chi connectivity index (χ2n) is 7.76. The zero-order chi connectivity index (χ0) is 26.6. The number of ether oxygens (including phenoxy) is 4. The summed E-state index contributed by atoms with van der Waals surface area (Å²) in [6.07, 6.45) is 0.406. The molecule has 3 rings (SSSR count). The topological polar surface area (TPSA) is 112 Å². The molecule has 0 radical (unpaired) electrons. The van der Waals surface area contributed by atoms with Crippen LogP contribution >= 0.6 is 15.9 Å². The molecule has 0 aliphatic carbocycles. The molecule has 0 spiro atoms. The number of methoxy groups -OCH3 is 2. The number of rotatable bonds is 12. The van der Waals surface area contributed by atoms with Crippen LogP contribution < -0.4 is 24.8 Å². The fraction of sp³-hybridized carbons (Fsp3) is 0.222. The maximum atomic E-state index is 12.2. The zero-order valence-electron chi connectivity index (χ0n) is 20.4. The van der Waals surface area contributed by atoms with E-state index in [0.29, 0.717) is 34.4 Å². The van der Waals surface area contributed by atoms with Crippen LogP contribution in [0.2, 0.25) is 0 Å². The van der Waals surface area contributed by atoms with Crippen LogP contribution in [0, 0.1) is 0 Å². The van der Waals surface area contributed by atoms with Gasteiger partial charge < -0.3 is 29.6 Å². The van der Waals surface area contributed by atoms with Crippen LogP contribution in [-0.2, 0) is 19.1 Å². The second-order valence-corrected chi connectivity index (χ2v) is 8.67. The molecule has 0 fully saturated rings. The predicted molar refractivity (Wildman–Crippen MR) is 142 cm³/mol. The molecule has 0 aromatic heterocycles. The third-order valence-electron chi connectivity index (χ3n) is 5.02. The number of carbonyl (C=O) groups excluding carboxylic acids is 3. The first-order valence-corrected chi connectivity index (χ1v) is 12.2. The SMILES string of the molecule is COc1ccc(OC)c(NC(=O)COC(=O)CCCC(=O)Nc2ccc(Oc3ccc(Br)cc3)cc2)c1. The van der Waals surface area contributed by atoms with Crippen molar-refractivity contribution in [2.24, 2.45) is 0 Å². The lowest BCUT2D eigenvalue weighted by atomic mass is 10.2. The molecule has 194 valence electrons. The quantitative estimate of drug-likeness (QED) is 0.274. The number of hydrogen-bond acceptors (Lipinski definition) is 7. The molecule has 0 saturated carbocycles. The first-order valence-electron chi connectivity index (χ1n) is 11.4. The van der Waals surface area contributed by atoms with Crippen molar-refractivity contribution in [1.82, 2.24) is 0 Å². The Morgan fingerprint density at radius 1 is 0.757 bits per heavy atom. The van der Waals surface area contributed by atoms with E-state index in [-0.39, 0.29) is 25.2 Å². The number of anilines is 2. The summed E-state index contributed by atoms with van der Waals surface area (Å²) >= 11 is 3.38. The second kappa shape index (κ2) is 13.9. The Labute approximate surface area is 223 Å². The summed E-state index contributed by atoms with van der Waals surface area (Å²) in [6, 6.07) is 19.4. The van der Waals surface area contributed by atoms with Crippen molar-refractivity contribution in [2.45, 2.75) is 19.3 Å². The van der Waals surface area contributed by atoms with E-state index in [1.54, 1.807) is 42.5 Å². The van der Waals surface area contributed by atoms with Gasteiger partial charge in [-0.1, -0.05) is 15.9 Å². The number of amides is 2. The summed E-state index contributed by atoms with van der Waals surface area (Å²) in [5, 5.41) is 5.39. The van der Waals surface area contributed by atoms with E-state index in [4.69, 9.17) is 18.9 Å². The fourth-order valence-corrected chi connectivity index (χ4v) is 3.44. The Kier molecular flexibility index (Phi) is 10.3. The van der Waals surface area contributed by atoms with Crippen molar-refractivity contribution < 1.29 is 33.3 Å². The van der Waals surface area contributed by atoms with Gasteiger partial charge >= 0.3 is 5.97 Å². The van der Waals surface area contributed by atoms with Gasteiger partial charge in [0.2, 0.25) is 5.91 Å². The average molecular weight is 571 g/mol. The molecule has 0 atom stereocenters. The molecule has 2 N–H and O–H groups in total. The summed E-state index contributed by atoms with van der Waals surface area (Å²) in [7, 11) is 2.98. The summed E-state index contributed by atoms with van der Waals surface area (Å²) in [6.45, 7) is -0.458. The number of hydrogen-bond donors (Lipinski definition) is 2. The molecule has 0 aliphatic rings. The average Bonchev–Trinajstić information content (AvgIpc) is 2.90. The molecule has 3 aromatic rings. The first-order chi connectivity index (χ1) is 17.9. The molecule has 0 heterocycles. The molecular weight excluding hydrogens is 544 g/mol. The highest BCUT2D eigenvalue weighted by molar-refractivity contribution is 9.10. The smallest absolute Gasteiger partial charge is 0.306 e. The molecule has 0 unspecified atom stereocenters. The summed E-state index contributed by atoms with van der Waals surface area (Å²) in [4.78, 5) is 36.3. The van der Waals surface area contributed by atoms with Gasteiger partial charge in [0.15, 0.2) is 6.61 Å². The summed E-state index contributed by atoms with van der Waals surface area (Å²) in [5.41, 5.74) is 1.01.